The van der Waals surface area contributed by atoms with E-state index in [1.54, 1.807) is 0 Å². The minimum absolute atomic E-state index is 0.198. The van der Waals surface area contributed by atoms with Crippen LogP contribution in [0.2, 0.25) is 0 Å². The summed E-state index contributed by atoms with van der Waals surface area (Å²) in [5.41, 5.74) is 0.608. The summed E-state index contributed by atoms with van der Waals surface area (Å²) in [7, 11) is -2.08. The molecule has 130 valence electrons. The lowest BCUT2D eigenvalue weighted by molar-refractivity contribution is 0.363. The third-order valence-corrected chi connectivity index (χ3v) is 5.71. The van der Waals surface area contributed by atoms with Crippen molar-refractivity contribution >= 4 is 10.2 Å². The van der Waals surface area contributed by atoms with E-state index in [4.69, 9.17) is 0 Å². The highest BCUT2D eigenvalue weighted by Crippen LogP contribution is 2.27. The second-order valence-electron chi connectivity index (χ2n) is 5.82. The molecule has 1 heterocycles. The number of benzene rings is 1. The van der Waals surface area contributed by atoms with Gasteiger partial charge in [-0.2, -0.15) is 17.4 Å². The van der Waals surface area contributed by atoms with E-state index in [0.717, 1.165) is 12.1 Å². The molecule has 0 amide bonds. The van der Waals surface area contributed by atoms with Crippen molar-refractivity contribution in [3.63, 3.8) is 0 Å². The molecule has 1 fully saturated rings. The zero-order chi connectivity index (χ0) is 17.0. The molecule has 0 spiro atoms. The van der Waals surface area contributed by atoms with Gasteiger partial charge in [0.15, 0.2) is 11.6 Å². The van der Waals surface area contributed by atoms with Crippen molar-refractivity contribution in [2.24, 2.45) is 0 Å². The lowest BCUT2D eigenvalue weighted by atomic mass is 9.86. The number of hydrogen-bond acceptors (Lipinski definition) is 3. The summed E-state index contributed by atoms with van der Waals surface area (Å²) in [5, 5.41) is 3.14. The van der Waals surface area contributed by atoms with Crippen LogP contribution in [-0.4, -0.2) is 45.4 Å². The molecule has 1 saturated heterocycles. The summed E-state index contributed by atoms with van der Waals surface area (Å²) in [6.45, 7) is 3.47. The molecule has 2 N–H and O–H groups in total. The van der Waals surface area contributed by atoms with Crippen LogP contribution in [0.4, 0.5) is 8.78 Å². The monoisotopic (exact) mass is 347 g/mol. The smallest absolute Gasteiger partial charge is 0.279 e. The lowest BCUT2D eigenvalue weighted by Crippen LogP contribution is -2.53. The number of nitrogens with one attached hydrogen (secondary N) is 2. The molecule has 1 aromatic carbocycles. The molecule has 2 unspecified atom stereocenters. The fourth-order valence-electron chi connectivity index (χ4n) is 2.84. The van der Waals surface area contributed by atoms with Gasteiger partial charge in [-0.05, 0) is 37.1 Å². The molecule has 2 atom stereocenters. The van der Waals surface area contributed by atoms with E-state index in [1.165, 1.54) is 17.4 Å². The van der Waals surface area contributed by atoms with Crippen molar-refractivity contribution in [3.8, 4) is 0 Å². The predicted octanol–water partition coefficient (Wildman–Crippen LogP) is 1.59. The zero-order valence-corrected chi connectivity index (χ0v) is 14.2. The maximum absolute atomic E-state index is 13.5. The molecular weight excluding hydrogens is 324 g/mol. The normalized spacial score (nSPS) is 22.5. The molecule has 23 heavy (non-hydrogen) atoms. The van der Waals surface area contributed by atoms with Crippen LogP contribution < -0.4 is 10.0 Å². The molecule has 2 rings (SSSR count). The van der Waals surface area contributed by atoms with E-state index >= 15 is 0 Å². The van der Waals surface area contributed by atoms with Crippen molar-refractivity contribution in [1.29, 1.82) is 0 Å². The topological polar surface area (TPSA) is 61.4 Å². The Kier molecular flexibility index (Phi) is 6.07. The van der Waals surface area contributed by atoms with Gasteiger partial charge >= 0.3 is 0 Å². The van der Waals surface area contributed by atoms with Crippen LogP contribution in [0.5, 0.6) is 0 Å². The van der Waals surface area contributed by atoms with Gasteiger partial charge in [0.25, 0.3) is 10.2 Å². The Morgan fingerprint density at radius 2 is 2.09 bits per heavy atom. The largest absolute Gasteiger partial charge is 0.315 e. The Morgan fingerprint density at radius 1 is 1.35 bits per heavy atom. The molecule has 0 aliphatic carbocycles. The summed E-state index contributed by atoms with van der Waals surface area (Å²) in [4.78, 5) is 0. The van der Waals surface area contributed by atoms with Crippen molar-refractivity contribution in [2.45, 2.75) is 31.7 Å². The molecular formula is C15H23F2N3O2S. The fraction of sp³-hybridized carbons (Fsp3) is 0.600. The van der Waals surface area contributed by atoms with E-state index in [-0.39, 0.29) is 5.92 Å². The molecule has 1 aliphatic rings. The SMILES string of the molecule is CCCN(C)S(=O)(=O)NC1CNCCC1c1ccc(F)c(F)c1. The molecule has 0 radical (unpaired) electrons. The highest BCUT2D eigenvalue weighted by Gasteiger charge is 2.31. The predicted molar refractivity (Wildman–Crippen MR) is 85.4 cm³/mol. The van der Waals surface area contributed by atoms with Crippen molar-refractivity contribution < 1.29 is 17.2 Å². The Balaban J connectivity index is 2.20. The zero-order valence-electron chi connectivity index (χ0n) is 13.4. The first kappa shape index (κ1) is 18.3. The van der Waals surface area contributed by atoms with Crippen LogP contribution in [-0.2, 0) is 10.2 Å². The highest BCUT2D eigenvalue weighted by molar-refractivity contribution is 7.87. The van der Waals surface area contributed by atoms with Gasteiger partial charge in [0.2, 0.25) is 0 Å². The van der Waals surface area contributed by atoms with Crippen LogP contribution >= 0.6 is 0 Å². The summed E-state index contributed by atoms with van der Waals surface area (Å²) < 4.78 is 55.2. The summed E-state index contributed by atoms with van der Waals surface area (Å²) in [6, 6.07) is 3.35. The van der Waals surface area contributed by atoms with Crippen molar-refractivity contribution in [2.75, 3.05) is 26.7 Å². The lowest BCUT2D eigenvalue weighted by Gasteiger charge is -2.34. The van der Waals surface area contributed by atoms with E-state index in [9.17, 15) is 17.2 Å². The van der Waals surface area contributed by atoms with Gasteiger partial charge in [0.1, 0.15) is 0 Å². The van der Waals surface area contributed by atoms with E-state index in [2.05, 4.69) is 10.0 Å². The molecule has 8 heteroatoms. The molecule has 0 bridgehead atoms. The van der Waals surface area contributed by atoms with Gasteiger partial charge in [-0.3, -0.25) is 0 Å². The number of halogens is 2. The van der Waals surface area contributed by atoms with Gasteiger partial charge in [-0.1, -0.05) is 13.0 Å². The van der Waals surface area contributed by atoms with E-state index in [1.807, 2.05) is 6.92 Å². The van der Waals surface area contributed by atoms with E-state index in [0.29, 0.717) is 38.0 Å². The molecule has 1 aliphatic heterocycles. The van der Waals surface area contributed by atoms with Gasteiger partial charge < -0.3 is 5.32 Å². The van der Waals surface area contributed by atoms with Gasteiger partial charge in [0, 0.05) is 32.1 Å². The minimum Gasteiger partial charge on any atom is -0.315 e. The van der Waals surface area contributed by atoms with Crippen LogP contribution in [0.15, 0.2) is 18.2 Å². The third-order valence-electron chi connectivity index (χ3n) is 4.10. The second kappa shape index (κ2) is 7.65. The Bertz CT molecular complexity index is 640. The Labute approximate surface area is 136 Å². The maximum atomic E-state index is 13.5. The number of rotatable bonds is 6. The first-order valence-electron chi connectivity index (χ1n) is 7.74. The summed E-state index contributed by atoms with van der Waals surface area (Å²) in [5.74, 6) is -2.01. The van der Waals surface area contributed by atoms with E-state index < -0.39 is 27.9 Å². The first-order chi connectivity index (χ1) is 10.8. The average molecular weight is 347 g/mol. The van der Waals surface area contributed by atoms with Crippen LogP contribution in [0.1, 0.15) is 31.2 Å². The van der Waals surface area contributed by atoms with Crippen LogP contribution in [0.3, 0.4) is 0 Å². The van der Waals surface area contributed by atoms with Crippen molar-refractivity contribution in [3.05, 3.63) is 35.4 Å². The second-order valence-corrected chi connectivity index (χ2v) is 7.63. The standard InChI is InChI=1S/C15H23F2N3O2S/c1-3-8-20(2)23(21,22)19-15-10-18-7-6-12(15)11-4-5-13(16)14(17)9-11/h4-5,9,12,15,18-19H,3,6-8,10H2,1-2H3. The quantitative estimate of drug-likeness (QED) is 0.821. The van der Waals surface area contributed by atoms with Gasteiger partial charge in [-0.25, -0.2) is 8.78 Å². The fourth-order valence-corrected chi connectivity index (χ4v) is 4.07. The van der Waals surface area contributed by atoms with Crippen LogP contribution in [0.25, 0.3) is 0 Å². The van der Waals surface area contributed by atoms with Gasteiger partial charge in [0.05, 0.1) is 0 Å². The number of hydrogen-bond donors (Lipinski definition) is 2. The Hall–Kier alpha value is -1.09. The molecule has 5 nitrogen and oxygen atoms in total. The molecule has 1 aromatic rings. The molecule has 0 aromatic heterocycles. The summed E-state index contributed by atoms with van der Waals surface area (Å²) in [6.07, 6.45) is 1.36. The Morgan fingerprint density at radius 3 is 2.74 bits per heavy atom. The average Bonchev–Trinajstić information content (AvgIpc) is 2.50. The number of piperidine rings is 1. The van der Waals surface area contributed by atoms with Crippen molar-refractivity contribution in [1.82, 2.24) is 14.3 Å². The first-order valence-corrected chi connectivity index (χ1v) is 9.18. The van der Waals surface area contributed by atoms with Gasteiger partial charge in [-0.15, -0.1) is 0 Å². The number of nitrogens with zero attached hydrogens (tertiary/aromatic N) is 1. The minimum atomic E-state index is -3.61. The highest BCUT2D eigenvalue weighted by atomic mass is 32.2. The summed E-state index contributed by atoms with van der Waals surface area (Å²) >= 11 is 0. The van der Waals surface area contributed by atoms with Crippen LogP contribution in [0, 0.1) is 11.6 Å². The molecule has 0 saturated carbocycles. The third kappa shape index (κ3) is 4.47. The maximum Gasteiger partial charge on any atom is 0.279 e.